The van der Waals surface area contributed by atoms with Gasteiger partial charge in [-0.25, -0.2) is 0 Å². The molecule has 136 valence electrons. The van der Waals surface area contributed by atoms with Crippen LogP contribution in [0, 0.1) is 17.8 Å². The average Bonchev–Trinajstić information content (AvgIpc) is 2.59. The molecule has 0 aromatic heterocycles. The molecule has 4 bridgehead atoms. The van der Waals surface area contributed by atoms with E-state index in [9.17, 15) is 5.11 Å². The second-order valence-corrected chi connectivity index (χ2v) is 9.32. The molecule has 1 aromatic rings. The Morgan fingerprint density at radius 2 is 1.68 bits per heavy atom. The van der Waals surface area contributed by atoms with Crippen LogP contribution >= 0.6 is 0 Å². The number of hydrogen-bond acceptors (Lipinski definition) is 3. The van der Waals surface area contributed by atoms with Gasteiger partial charge in [0.25, 0.3) is 0 Å². The number of rotatable bonds is 5. The molecule has 4 fully saturated rings. The van der Waals surface area contributed by atoms with E-state index < -0.39 is 0 Å². The molecule has 4 aliphatic carbocycles. The van der Waals surface area contributed by atoms with Crippen molar-refractivity contribution in [2.75, 3.05) is 19.7 Å². The highest BCUT2D eigenvalue weighted by atomic mass is 16.5. The molecule has 6 rings (SSSR count). The maximum absolute atomic E-state index is 10.6. The summed E-state index contributed by atoms with van der Waals surface area (Å²) in [6.07, 6.45) is 8.82. The maximum Gasteiger partial charge on any atom is 0.0900 e. The first-order chi connectivity index (χ1) is 12.2. The van der Waals surface area contributed by atoms with Gasteiger partial charge in [0.2, 0.25) is 0 Å². The summed E-state index contributed by atoms with van der Waals surface area (Å²) in [5.41, 5.74) is 3.01. The zero-order chi connectivity index (χ0) is 16.9. The minimum absolute atomic E-state index is 0.115. The van der Waals surface area contributed by atoms with Crippen molar-refractivity contribution in [2.45, 2.75) is 63.2 Å². The average molecular weight is 341 g/mol. The molecule has 3 nitrogen and oxygen atoms in total. The van der Waals surface area contributed by atoms with E-state index in [1.807, 2.05) is 0 Å². The number of hydrogen-bond donors (Lipinski definition) is 1. The van der Waals surface area contributed by atoms with Crippen LogP contribution in [-0.2, 0) is 17.7 Å². The lowest BCUT2D eigenvalue weighted by atomic mass is 9.54. The Balaban J connectivity index is 1.15. The molecule has 0 amide bonds. The molecule has 1 aliphatic heterocycles. The van der Waals surface area contributed by atoms with Crippen molar-refractivity contribution < 1.29 is 9.84 Å². The smallest absolute Gasteiger partial charge is 0.0900 e. The minimum Gasteiger partial charge on any atom is -0.389 e. The second kappa shape index (κ2) is 6.37. The Morgan fingerprint density at radius 3 is 2.36 bits per heavy atom. The number of nitrogens with zero attached hydrogens (tertiary/aromatic N) is 1. The van der Waals surface area contributed by atoms with Gasteiger partial charge in [-0.15, -0.1) is 0 Å². The van der Waals surface area contributed by atoms with Crippen molar-refractivity contribution in [2.24, 2.45) is 17.8 Å². The highest BCUT2D eigenvalue weighted by Gasteiger charge is 2.51. The largest absolute Gasteiger partial charge is 0.389 e. The molecule has 0 saturated heterocycles. The molecule has 0 unspecified atom stereocenters. The number of benzene rings is 1. The number of aliphatic hydroxyl groups excluding tert-OH is 1. The number of ether oxygens (including phenoxy) is 1. The maximum atomic E-state index is 10.6. The summed E-state index contributed by atoms with van der Waals surface area (Å²) in [6.45, 7) is 3.26. The third kappa shape index (κ3) is 3.27. The van der Waals surface area contributed by atoms with Gasteiger partial charge >= 0.3 is 0 Å². The molecule has 1 heterocycles. The monoisotopic (exact) mass is 341 g/mol. The molecule has 4 saturated carbocycles. The van der Waals surface area contributed by atoms with Gasteiger partial charge in [0.1, 0.15) is 0 Å². The summed E-state index contributed by atoms with van der Waals surface area (Å²) in [7, 11) is 0. The fourth-order valence-electron chi connectivity index (χ4n) is 6.54. The number of fused-ring (bicyclic) bond motifs is 1. The van der Waals surface area contributed by atoms with Crippen LogP contribution in [-0.4, -0.2) is 41.4 Å². The van der Waals surface area contributed by atoms with E-state index in [2.05, 4.69) is 29.2 Å². The predicted molar refractivity (Wildman–Crippen MR) is 98.3 cm³/mol. The summed E-state index contributed by atoms with van der Waals surface area (Å²) < 4.78 is 6.44. The lowest BCUT2D eigenvalue weighted by Crippen LogP contribution is -2.53. The molecule has 0 spiro atoms. The summed E-state index contributed by atoms with van der Waals surface area (Å²) in [4.78, 5) is 2.38. The van der Waals surface area contributed by atoms with Crippen LogP contribution in [0.1, 0.15) is 49.7 Å². The Bertz CT molecular complexity index is 593. The van der Waals surface area contributed by atoms with Gasteiger partial charge in [0.15, 0.2) is 0 Å². The molecule has 1 atom stereocenters. The van der Waals surface area contributed by atoms with E-state index in [1.54, 1.807) is 0 Å². The fraction of sp³-hybridized carbons (Fsp3) is 0.727. The Hall–Kier alpha value is -0.900. The fourth-order valence-corrected chi connectivity index (χ4v) is 6.54. The van der Waals surface area contributed by atoms with Crippen molar-refractivity contribution >= 4 is 0 Å². The third-order valence-corrected chi connectivity index (χ3v) is 7.24. The summed E-state index contributed by atoms with van der Waals surface area (Å²) in [5, 5.41) is 10.6. The lowest BCUT2D eigenvalue weighted by molar-refractivity contribution is -0.176. The molecule has 1 N–H and O–H groups in total. The first kappa shape index (κ1) is 16.3. The molecule has 0 radical (unpaired) electrons. The van der Waals surface area contributed by atoms with Gasteiger partial charge in [-0.2, -0.15) is 0 Å². The van der Waals surface area contributed by atoms with Crippen LogP contribution in [0.3, 0.4) is 0 Å². The van der Waals surface area contributed by atoms with Crippen LogP contribution in [0.4, 0.5) is 0 Å². The first-order valence-corrected chi connectivity index (χ1v) is 10.3. The Morgan fingerprint density at radius 1 is 1.04 bits per heavy atom. The topological polar surface area (TPSA) is 32.7 Å². The molecular formula is C22H31NO2. The van der Waals surface area contributed by atoms with Crippen molar-refractivity contribution in [3.05, 3.63) is 35.4 Å². The van der Waals surface area contributed by atoms with E-state index in [-0.39, 0.29) is 11.7 Å². The quantitative estimate of drug-likeness (QED) is 0.891. The van der Waals surface area contributed by atoms with E-state index in [1.165, 1.54) is 49.7 Å². The van der Waals surface area contributed by atoms with Crippen LogP contribution in [0.15, 0.2) is 24.3 Å². The van der Waals surface area contributed by atoms with Gasteiger partial charge in [0, 0.05) is 19.6 Å². The van der Waals surface area contributed by atoms with Gasteiger partial charge in [-0.05, 0) is 73.8 Å². The molecule has 3 heteroatoms. The van der Waals surface area contributed by atoms with Gasteiger partial charge < -0.3 is 9.84 Å². The Labute approximate surface area is 151 Å². The minimum atomic E-state index is -0.363. The number of aliphatic hydroxyl groups is 1. The SMILES string of the molecule is O[C@H](COC12CC3CC(CC(C3)C1)C2)CN1CCc2ccccc2C1. The normalized spacial score (nSPS) is 37.9. The van der Waals surface area contributed by atoms with Crippen LogP contribution in [0.5, 0.6) is 0 Å². The Kier molecular flexibility index (Phi) is 4.15. The van der Waals surface area contributed by atoms with Crippen molar-refractivity contribution in [1.82, 2.24) is 4.90 Å². The molecule has 5 aliphatic rings. The molecule has 1 aromatic carbocycles. The zero-order valence-corrected chi connectivity index (χ0v) is 15.2. The first-order valence-electron chi connectivity index (χ1n) is 10.3. The van der Waals surface area contributed by atoms with Crippen molar-refractivity contribution in [1.29, 1.82) is 0 Å². The third-order valence-electron chi connectivity index (χ3n) is 7.24. The van der Waals surface area contributed by atoms with Crippen LogP contribution < -0.4 is 0 Å². The summed E-state index contributed by atoms with van der Waals surface area (Å²) >= 11 is 0. The van der Waals surface area contributed by atoms with Gasteiger partial charge in [-0.3, -0.25) is 4.90 Å². The lowest BCUT2D eigenvalue weighted by Gasteiger charge is -2.56. The van der Waals surface area contributed by atoms with E-state index in [0.29, 0.717) is 6.61 Å². The van der Waals surface area contributed by atoms with E-state index >= 15 is 0 Å². The standard InChI is InChI=1S/C22H31NO2/c24-21(14-23-6-5-19-3-1-2-4-20(19)13-23)15-25-22-10-16-7-17(11-22)9-18(8-16)12-22/h1-4,16-18,21,24H,5-15H2/t16?,17?,18?,21-,22?/m0/s1. The number of β-amino-alcohol motifs (C(OH)–C–C–N with tert-alkyl or cyclic N) is 1. The van der Waals surface area contributed by atoms with E-state index in [0.717, 1.165) is 43.8 Å². The second-order valence-electron chi connectivity index (χ2n) is 9.32. The van der Waals surface area contributed by atoms with Crippen molar-refractivity contribution in [3.63, 3.8) is 0 Å². The van der Waals surface area contributed by atoms with E-state index in [4.69, 9.17) is 4.74 Å². The van der Waals surface area contributed by atoms with Gasteiger partial charge in [-0.1, -0.05) is 24.3 Å². The highest BCUT2D eigenvalue weighted by Crippen LogP contribution is 2.57. The van der Waals surface area contributed by atoms with Crippen molar-refractivity contribution in [3.8, 4) is 0 Å². The van der Waals surface area contributed by atoms with Crippen LogP contribution in [0.2, 0.25) is 0 Å². The predicted octanol–water partition coefficient (Wildman–Crippen LogP) is 3.39. The van der Waals surface area contributed by atoms with Gasteiger partial charge in [0.05, 0.1) is 18.3 Å². The molecular weight excluding hydrogens is 310 g/mol. The molecule has 25 heavy (non-hydrogen) atoms. The summed E-state index contributed by atoms with van der Waals surface area (Å²) in [5.74, 6) is 2.71. The van der Waals surface area contributed by atoms with Crippen LogP contribution in [0.25, 0.3) is 0 Å². The highest BCUT2D eigenvalue weighted by molar-refractivity contribution is 5.29. The zero-order valence-electron chi connectivity index (χ0n) is 15.2. The summed E-state index contributed by atoms with van der Waals surface area (Å²) in [6, 6.07) is 8.71.